The molecule has 0 bridgehead atoms. The van der Waals surface area contributed by atoms with E-state index in [1.54, 1.807) is 17.8 Å². The maximum atomic E-state index is 11.8. The highest BCUT2D eigenvalue weighted by Crippen LogP contribution is 2.46. The van der Waals surface area contributed by atoms with E-state index in [-0.39, 0.29) is 17.2 Å². The number of anilines is 1. The number of hydrogen-bond acceptors (Lipinski definition) is 4. The highest BCUT2D eigenvalue weighted by molar-refractivity contribution is 7.98. The van der Waals surface area contributed by atoms with Gasteiger partial charge < -0.3 is 14.8 Å². The average Bonchev–Trinajstić information content (AvgIpc) is 3.02. The molecule has 1 heterocycles. The van der Waals surface area contributed by atoms with Crippen LogP contribution in [0.25, 0.3) is 0 Å². The van der Waals surface area contributed by atoms with Crippen molar-refractivity contribution in [1.29, 1.82) is 0 Å². The number of rotatable bonds is 8. The van der Waals surface area contributed by atoms with Gasteiger partial charge in [-0.2, -0.15) is 11.8 Å². The van der Waals surface area contributed by atoms with Gasteiger partial charge in [0.1, 0.15) is 18.6 Å². The Morgan fingerprint density at radius 3 is 2.76 bits per heavy atom. The second-order valence-corrected chi connectivity index (χ2v) is 7.14. The Kier molecular flexibility index (Phi) is 5.82. The number of carbonyl (C=O) groups excluding carboxylic acids is 1. The van der Waals surface area contributed by atoms with Gasteiger partial charge >= 0.3 is 0 Å². The number of nitrogens with one attached hydrogen (secondary N) is 1. The summed E-state index contributed by atoms with van der Waals surface area (Å²) in [7, 11) is 0. The van der Waals surface area contributed by atoms with Crippen molar-refractivity contribution >= 4 is 23.7 Å². The summed E-state index contributed by atoms with van der Waals surface area (Å²) in [4.78, 5) is 11.8. The van der Waals surface area contributed by atoms with E-state index < -0.39 is 0 Å². The highest BCUT2D eigenvalue weighted by atomic mass is 32.2. The number of hydrogen-bond donors (Lipinski definition) is 1. The fourth-order valence-electron chi connectivity index (χ4n) is 3.35. The first-order valence-electron chi connectivity index (χ1n) is 8.43. The van der Waals surface area contributed by atoms with Crippen molar-refractivity contribution in [3.63, 3.8) is 0 Å². The zero-order chi connectivity index (χ0) is 17.6. The van der Waals surface area contributed by atoms with E-state index in [2.05, 4.69) is 36.4 Å². The molecular formula is C21H23NO2S. The van der Waals surface area contributed by atoms with Crippen LogP contribution in [-0.2, 0) is 11.2 Å². The van der Waals surface area contributed by atoms with Gasteiger partial charge in [-0.1, -0.05) is 43.0 Å². The summed E-state index contributed by atoms with van der Waals surface area (Å²) in [6, 6.07) is 16.4. The van der Waals surface area contributed by atoms with Crippen LogP contribution in [-0.4, -0.2) is 25.2 Å². The monoisotopic (exact) mass is 353 g/mol. The molecule has 3 atom stereocenters. The number of ether oxygens (including phenoxy) is 1. The van der Waals surface area contributed by atoms with Crippen molar-refractivity contribution in [1.82, 2.24) is 0 Å². The van der Waals surface area contributed by atoms with E-state index in [4.69, 9.17) is 4.74 Å². The number of thioether (sulfide) groups is 1. The number of aldehydes is 1. The molecule has 3 nitrogen and oxygen atoms in total. The summed E-state index contributed by atoms with van der Waals surface area (Å²) < 4.78 is 5.67. The quantitative estimate of drug-likeness (QED) is 0.560. The van der Waals surface area contributed by atoms with Crippen LogP contribution in [0.15, 0.2) is 61.2 Å². The molecule has 0 radical (unpaired) electrons. The molecule has 1 aliphatic heterocycles. The summed E-state index contributed by atoms with van der Waals surface area (Å²) >= 11 is 1.77. The molecule has 0 spiro atoms. The SMILES string of the molecule is C=CCOc1ccc2c(c1)C(SC)C(C(C=O)Cc1ccccc1)N2. The van der Waals surface area contributed by atoms with E-state index in [0.29, 0.717) is 6.61 Å². The maximum absolute atomic E-state index is 11.8. The lowest BCUT2D eigenvalue weighted by molar-refractivity contribution is -0.111. The number of fused-ring (bicyclic) bond motifs is 1. The first kappa shape index (κ1) is 17.6. The molecule has 3 rings (SSSR count). The molecule has 25 heavy (non-hydrogen) atoms. The van der Waals surface area contributed by atoms with Crippen molar-refractivity contribution in [3.8, 4) is 5.75 Å². The lowest BCUT2D eigenvalue weighted by atomic mass is 9.91. The molecule has 0 aromatic heterocycles. The molecule has 0 amide bonds. The third-order valence-corrected chi connectivity index (χ3v) is 5.60. The van der Waals surface area contributed by atoms with E-state index in [0.717, 1.165) is 24.1 Å². The van der Waals surface area contributed by atoms with Crippen molar-refractivity contribution < 1.29 is 9.53 Å². The largest absolute Gasteiger partial charge is 0.490 e. The predicted molar refractivity (Wildman–Crippen MR) is 106 cm³/mol. The van der Waals surface area contributed by atoms with Gasteiger partial charge in [0.05, 0.1) is 11.3 Å². The fourth-order valence-corrected chi connectivity index (χ4v) is 4.36. The van der Waals surface area contributed by atoms with E-state index in [9.17, 15) is 4.79 Å². The molecule has 0 saturated heterocycles. The second kappa shape index (κ2) is 8.26. The van der Waals surface area contributed by atoms with Crippen LogP contribution in [0, 0.1) is 5.92 Å². The third kappa shape index (κ3) is 3.90. The molecule has 0 saturated carbocycles. The Bertz CT molecular complexity index is 732. The minimum atomic E-state index is -0.0789. The maximum Gasteiger partial charge on any atom is 0.125 e. The zero-order valence-corrected chi connectivity index (χ0v) is 15.2. The minimum Gasteiger partial charge on any atom is -0.490 e. The minimum absolute atomic E-state index is 0.0789. The molecule has 2 aromatic rings. The van der Waals surface area contributed by atoms with Crippen LogP contribution < -0.4 is 10.1 Å². The highest BCUT2D eigenvalue weighted by Gasteiger charge is 2.37. The first-order chi connectivity index (χ1) is 12.3. The Morgan fingerprint density at radius 2 is 2.08 bits per heavy atom. The summed E-state index contributed by atoms with van der Waals surface area (Å²) in [6.45, 7) is 4.18. The normalized spacial score (nSPS) is 19.6. The first-order valence-corrected chi connectivity index (χ1v) is 9.71. The number of carbonyl (C=O) groups is 1. The van der Waals surface area contributed by atoms with Gasteiger partial charge in [0.25, 0.3) is 0 Å². The molecule has 0 aliphatic carbocycles. The van der Waals surface area contributed by atoms with Crippen LogP contribution in [0.4, 0.5) is 5.69 Å². The molecular weight excluding hydrogens is 330 g/mol. The lowest BCUT2D eigenvalue weighted by Gasteiger charge is -2.24. The van der Waals surface area contributed by atoms with Crippen molar-refractivity contribution in [2.24, 2.45) is 5.92 Å². The topological polar surface area (TPSA) is 38.3 Å². The average molecular weight is 353 g/mol. The van der Waals surface area contributed by atoms with Crippen LogP contribution in [0.3, 0.4) is 0 Å². The molecule has 1 aliphatic rings. The molecule has 4 heteroatoms. The van der Waals surface area contributed by atoms with Gasteiger partial charge in [-0.05, 0) is 42.0 Å². The Hall–Kier alpha value is -2.20. The summed E-state index contributed by atoms with van der Waals surface area (Å²) in [5.41, 5.74) is 3.49. The molecule has 1 N–H and O–H groups in total. The second-order valence-electron chi connectivity index (χ2n) is 6.16. The standard InChI is InChI=1S/C21H23NO2S/c1-3-11-24-17-9-10-19-18(13-17)21(25-2)20(22-19)16(14-23)12-15-7-5-4-6-8-15/h3-10,13-14,16,20-22H,1,11-12H2,2H3. The molecule has 3 unspecified atom stereocenters. The fraction of sp³-hybridized carbons (Fsp3) is 0.286. The van der Waals surface area contributed by atoms with E-state index in [1.807, 2.05) is 30.3 Å². The number of benzene rings is 2. The van der Waals surface area contributed by atoms with Gasteiger partial charge in [0.2, 0.25) is 0 Å². The van der Waals surface area contributed by atoms with Crippen LogP contribution in [0.5, 0.6) is 5.75 Å². The zero-order valence-electron chi connectivity index (χ0n) is 14.4. The van der Waals surface area contributed by atoms with Crippen LogP contribution >= 0.6 is 11.8 Å². The van der Waals surface area contributed by atoms with Gasteiger partial charge in [-0.25, -0.2) is 0 Å². The van der Waals surface area contributed by atoms with Crippen molar-refractivity contribution in [2.45, 2.75) is 17.7 Å². The molecule has 130 valence electrons. The predicted octanol–water partition coefficient (Wildman–Crippen LogP) is 4.51. The Morgan fingerprint density at radius 1 is 1.28 bits per heavy atom. The van der Waals surface area contributed by atoms with Crippen LogP contribution in [0.1, 0.15) is 16.4 Å². The van der Waals surface area contributed by atoms with Gasteiger partial charge in [-0.3, -0.25) is 0 Å². The van der Waals surface area contributed by atoms with E-state index >= 15 is 0 Å². The van der Waals surface area contributed by atoms with Crippen molar-refractivity contribution in [2.75, 3.05) is 18.2 Å². The van der Waals surface area contributed by atoms with Gasteiger partial charge in [0.15, 0.2) is 0 Å². The van der Waals surface area contributed by atoms with Crippen molar-refractivity contribution in [3.05, 3.63) is 72.3 Å². The summed E-state index contributed by atoms with van der Waals surface area (Å²) in [5, 5.41) is 3.79. The molecule has 0 fully saturated rings. The molecule has 2 aromatic carbocycles. The lowest BCUT2D eigenvalue weighted by Crippen LogP contribution is -2.31. The third-order valence-electron chi connectivity index (χ3n) is 4.55. The van der Waals surface area contributed by atoms with Crippen LogP contribution in [0.2, 0.25) is 0 Å². The Labute approximate surface area is 153 Å². The van der Waals surface area contributed by atoms with Gasteiger partial charge in [0, 0.05) is 11.6 Å². The smallest absolute Gasteiger partial charge is 0.125 e. The summed E-state index contributed by atoms with van der Waals surface area (Å²) in [5.74, 6) is 0.760. The van der Waals surface area contributed by atoms with Gasteiger partial charge in [-0.15, -0.1) is 0 Å². The summed E-state index contributed by atoms with van der Waals surface area (Å²) in [6.07, 6.45) is 5.67. The van der Waals surface area contributed by atoms with E-state index in [1.165, 1.54) is 11.1 Å². The Balaban J connectivity index is 1.82.